The summed E-state index contributed by atoms with van der Waals surface area (Å²) in [5, 5.41) is 4.77. The molecule has 8 aromatic rings. The third kappa shape index (κ3) is 3.33. The molecule has 8 rings (SSSR count). The van der Waals surface area contributed by atoms with Gasteiger partial charge >= 0.3 is 0 Å². The second kappa shape index (κ2) is 8.44. The Labute approximate surface area is 225 Å². The first kappa shape index (κ1) is 21.9. The second-order valence-corrected chi connectivity index (χ2v) is 10.1. The maximum atomic E-state index is 6.12. The van der Waals surface area contributed by atoms with Gasteiger partial charge in [-0.2, -0.15) is 0 Å². The number of benzene rings is 5. The number of fused-ring (bicyclic) bond motifs is 6. The van der Waals surface area contributed by atoms with E-state index < -0.39 is 0 Å². The molecule has 0 bridgehead atoms. The fraction of sp³-hybridized carbons (Fsp3) is 0.0278. The van der Waals surface area contributed by atoms with Crippen LogP contribution in [0.2, 0.25) is 0 Å². The first-order valence-corrected chi connectivity index (χ1v) is 13.2. The van der Waals surface area contributed by atoms with Gasteiger partial charge in [0.15, 0.2) is 0 Å². The van der Waals surface area contributed by atoms with E-state index >= 15 is 0 Å². The normalized spacial score (nSPS) is 11.7. The lowest BCUT2D eigenvalue weighted by atomic mass is 9.95. The van der Waals surface area contributed by atoms with E-state index in [2.05, 4.69) is 115 Å². The van der Waals surface area contributed by atoms with E-state index in [1.165, 1.54) is 27.4 Å². The zero-order valence-corrected chi connectivity index (χ0v) is 21.4. The predicted molar refractivity (Wildman–Crippen MR) is 161 cm³/mol. The van der Waals surface area contributed by atoms with Crippen LogP contribution in [0.1, 0.15) is 5.56 Å². The SMILES string of the molecule is Cc1c(-c2ccccn2)cc(-c2ccc3oc4ccccc4c3c2)cc1-n1c2ccccc2c2ccccc21. The van der Waals surface area contributed by atoms with Crippen LogP contribution in [0.5, 0.6) is 0 Å². The van der Waals surface area contributed by atoms with Gasteiger partial charge < -0.3 is 8.98 Å². The largest absolute Gasteiger partial charge is 0.456 e. The number of para-hydroxylation sites is 3. The maximum absolute atomic E-state index is 6.12. The molecule has 0 N–H and O–H groups in total. The van der Waals surface area contributed by atoms with E-state index in [-0.39, 0.29) is 0 Å². The molecule has 0 unspecified atom stereocenters. The Kier molecular flexibility index (Phi) is 4.74. The standard InChI is InChI=1S/C36H24N2O/c1-23-29(31-13-8-9-19-37-31)21-25(24-17-18-36-30(20-24)28-12-4-7-16-35(28)39-36)22-34(23)38-32-14-5-2-10-26(32)27-11-3-6-15-33(27)38/h2-22H,1H3. The van der Waals surface area contributed by atoms with Crippen LogP contribution < -0.4 is 0 Å². The van der Waals surface area contributed by atoms with Crippen LogP contribution in [0, 0.1) is 6.92 Å². The van der Waals surface area contributed by atoms with Crippen LogP contribution in [0.25, 0.3) is 71.8 Å². The molecule has 0 radical (unpaired) electrons. The summed E-state index contributed by atoms with van der Waals surface area (Å²) in [7, 11) is 0. The summed E-state index contributed by atoms with van der Waals surface area (Å²) in [5.74, 6) is 0. The Bertz CT molecular complexity index is 2130. The molecular weight excluding hydrogens is 476 g/mol. The van der Waals surface area contributed by atoms with Gasteiger partial charge in [0, 0.05) is 33.3 Å². The average Bonchev–Trinajstić information content (AvgIpc) is 3.53. The monoisotopic (exact) mass is 500 g/mol. The van der Waals surface area contributed by atoms with Crippen molar-refractivity contribution in [3.63, 3.8) is 0 Å². The maximum Gasteiger partial charge on any atom is 0.135 e. The van der Waals surface area contributed by atoms with Gasteiger partial charge in [-0.15, -0.1) is 0 Å². The highest BCUT2D eigenvalue weighted by Gasteiger charge is 2.18. The third-order valence-corrected chi connectivity index (χ3v) is 7.85. The van der Waals surface area contributed by atoms with E-state index in [0.717, 1.165) is 50.0 Å². The fourth-order valence-electron chi connectivity index (χ4n) is 5.97. The van der Waals surface area contributed by atoms with Crippen molar-refractivity contribution >= 4 is 43.7 Å². The van der Waals surface area contributed by atoms with Gasteiger partial charge in [0.05, 0.1) is 22.4 Å². The molecule has 0 amide bonds. The summed E-state index contributed by atoms with van der Waals surface area (Å²) in [6, 6.07) is 42.8. The van der Waals surface area contributed by atoms with Gasteiger partial charge in [-0.25, -0.2) is 0 Å². The number of hydrogen-bond acceptors (Lipinski definition) is 2. The Morgan fingerprint density at radius 2 is 1.23 bits per heavy atom. The molecule has 0 atom stereocenters. The molecule has 184 valence electrons. The molecule has 0 fully saturated rings. The lowest BCUT2D eigenvalue weighted by Crippen LogP contribution is -2.00. The zero-order valence-electron chi connectivity index (χ0n) is 21.4. The Balaban J connectivity index is 1.46. The minimum absolute atomic E-state index is 0.902. The molecule has 3 heteroatoms. The summed E-state index contributed by atoms with van der Waals surface area (Å²) in [6.07, 6.45) is 1.87. The van der Waals surface area contributed by atoms with Gasteiger partial charge in [0.1, 0.15) is 11.2 Å². The van der Waals surface area contributed by atoms with Crippen molar-refractivity contribution in [3.8, 4) is 28.1 Å². The van der Waals surface area contributed by atoms with E-state index in [0.29, 0.717) is 0 Å². The minimum Gasteiger partial charge on any atom is -0.456 e. The molecule has 0 saturated carbocycles. The number of hydrogen-bond donors (Lipinski definition) is 0. The van der Waals surface area contributed by atoms with Crippen LogP contribution in [0.3, 0.4) is 0 Å². The molecule has 3 nitrogen and oxygen atoms in total. The summed E-state index contributed by atoms with van der Waals surface area (Å²) >= 11 is 0. The molecular formula is C36H24N2O. The van der Waals surface area contributed by atoms with Crippen LogP contribution in [-0.2, 0) is 0 Å². The van der Waals surface area contributed by atoms with E-state index in [1.54, 1.807) is 0 Å². The highest BCUT2D eigenvalue weighted by molar-refractivity contribution is 6.10. The zero-order chi connectivity index (χ0) is 25.9. The predicted octanol–water partition coefficient (Wildman–Crippen LogP) is 9.72. The van der Waals surface area contributed by atoms with Gasteiger partial charge in [-0.3, -0.25) is 4.98 Å². The number of rotatable bonds is 3. The fourth-order valence-corrected chi connectivity index (χ4v) is 5.97. The van der Waals surface area contributed by atoms with Crippen molar-refractivity contribution in [3.05, 3.63) is 133 Å². The molecule has 0 saturated heterocycles. The summed E-state index contributed by atoms with van der Waals surface area (Å²) in [4.78, 5) is 4.75. The Morgan fingerprint density at radius 3 is 1.97 bits per heavy atom. The summed E-state index contributed by atoms with van der Waals surface area (Å²) < 4.78 is 8.52. The Morgan fingerprint density at radius 1 is 0.564 bits per heavy atom. The number of aromatic nitrogens is 2. The molecule has 0 aliphatic rings. The Hall–Kier alpha value is -5.15. The lowest BCUT2D eigenvalue weighted by molar-refractivity contribution is 0.669. The smallest absolute Gasteiger partial charge is 0.135 e. The second-order valence-electron chi connectivity index (χ2n) is 10.1. The summed E-state index contributed by atoms with van der Waals surface area (Å²) in [6.45, 7) is 2.21. The van der Waals surface area contributed by atoms with Crippen molar-refractivity contribution in [1.29, 1.82) is 0 Å². The average molecular weight is 501 g/mol. The van der Waals surface area contributed by atoms with Crippen molar-refractivity contribution in [2.24, 2.45) is 0 Å². The van der Waals surface area contributed by atoms with E-state index in [4.69, 9.17) is 9.40 Å². The first-order valence-electron chi connectivity index (χ1n) is 13.2. The van der Waals surface area contributed by atoms with Gasteiger partial charge in [-0.05, 0) is 78.2 Å². The molecule has 3 aromatic heterocycles. The van der Waals surface area contributed by atoms with Crippen LogP contribution in [0.4, 0.5) is 0 Å². The minimum atomic E-state index is 0.902. The molecule has 0 spiro atoms. The summed E-state index contributed by atoms with van der Waals surface area (Å²) in [5.41, 5.74) is 10.9. The van der Waals surface area contributed by atoms with Crippen molar-refractivity contribution in [2.45, 2.75) is 6.92 Å². The van der Waals surface area contributed by atoms with Crippen molar-refractivity contribution in [2.75, 3.05) is 0 Å². The van der Waals surface area contributed by atoms with E-state index in [1.807, 2.05) is 24.4 Å². The number of pyridine rings is 1. The first-order chi connectivity index (χ1) is 19.3. The highest BCUT2D eigenvalue weighted by atomic mass is 16.3. The lowest BCUT2D eigenvalue weighted by Gasteiger charge is -2.17. The quantitative estimate of drug-likeness (QED) is 0.242. The van der Waals surface area contributed by atoms with Crippen molar-refractivity contribution < 1.29 is 4.42 Å². The molecule has 3 heterocycles. The van der Waals surface area contributed by atoms with Gasteiger partial charge in [0.2, 0.25) is 0 Å². The van der Waals surface area contributed by atoms with Gasteiger partial charge in [0.25, 0.3) is 0 Å². The third-order valence-electron chi connectivity index (χ3n) is 7.85. The van der Waals surface area contributed by atoms with Crippen LogP contribution in [-0.4, -0.2) is 9.55 Å². The van der Waals surface area contributed by atoms with Crippen LogP contribution >= 0.6 is 0 Å². The van der Waals surface area contributed by atoms with E-state index in [9.17, 15) is 0 Å². The molecule has 39 heavy (non-hydrogen) atoms. The number of furan rings is 1. The molecule has 0 aliphatic heterocycles. The molecule has 5 aromatic carbocycles. The number of nitrogens with zero attached hydrogens (tertiary/aromatic N) is 2. The highest BCUT2D eigenvalue weighted by Crippen LogP contribution is 2.39. The van der Waals surface area contributed by atoms with Gasteiger partial charge in [-0.1, -0.05) is 66.7 Å². The van der Waals surface area contributed by atoms with Crippen LogP contribution in [0.15, 0.2) is 132 Å². The topological polar surface area (TPSA) is 31.0 Å². The van der Waals surface area contributed by atoms with Crippen molar-refractivity contribution in [1.82, 2.24) is 9.55 Å². The molecule has 0 aliphatic carbocycles.